The van der Waals surface area contributed by atoms with Gasteiger partial charge in [-0.2, -0.15) is 0 Å². The summed E-state index contributed by atoms with van der Waals surface area (Å²) in [7, 11) is 3.13. The van der Waals surface area contributed by atoms with Crippen molar-refractivity contribution in [1.29, 1.82) is 0 Å². The smallest absolute Gasteiger partial charge is 0.235 e. The Bertz CT molecular complexity index is 767. The molecule has 0 heterocycles. The Labute approximate surface area is 140 Å². The van der Waals surface area contributed by atoms with Gasteiger partial charge in [0.1, 0.15) is 5.82 Å². The highest BCUT2D eigenvalue weighted by atomic mass is 19.1. The van der Waals surface area contributed by atoms with Gasteiger partial charge in [0.05, 0.1) is 19.6 Å². The van der Waals surface area contributed by atoms with Crippen LogP contribution in [-0.4, -0.2) is 20.1 Å². The zero-order valence-corrected chi connectivity index (χ0v) is 14.0. The van der Waals surface area contributed by atoms with Crippen LogP contribution in [0.25, 0.3) is 0 Å². The summed E-state index contributed by atoms with van der Waals surface area (Å²) in [5.41, 5.74) is 1.86. The van der Waals surface area contributed by atoms with E-state index in [0.717, 1.165) is 24.0 Å². The first-order valence-corrected chi connectivity index (χ1v) is 7.80. The first-order valence-electron chi connectivity index (χ1n) is 7.80. The van der Waals surface area contributed by atoms with Crippen molar-refractivity contribution in [2.45, 2.75) is 25.2 Å². The van der Waals surface area contributed by atoms with Gasteiger partial charge in [-0.05, 0) is 49.1 Å². The molecule has 0 aliphatic heterocycles. The molecule has 2 aromatic rings. The third kappa shape index (κ3) is 2.82. The van der Waals surface area contributed by atoms with Crippen LogP contribution in [0.1, 0.15) is 24.0 Å². The van der Waals surface area contributed by atoms with E-state index in [1.165, 1.54) is 12.1 Å². The van der Waals surface area contributed by atoms with Crippen LogP contribution in [0.15, 0.2) is 36.4 Å². The Morgan fingerprint density at radius 1 is 1.08 bits per heavy atom. The number of halogens is 1. The number of aryl methyl sites for hydroxylation is 1. The quantitative estimate of drug-likeness (QED) is 0.907. The number of amides is 1. The van der Waals surface area contributed by atoms with Gasteiger partial charge in [-0.25, -0.2) is 4.39 Å². The summed E-state index contributed by atoms with van der Waals surface area (Å²) in [4.78, 5) is 12.8. The summed E-state index contributed by atoms with van der Waals surface area (Å²) >= 11 is 0. The van der Waals surface area contributed by atoms with E-state index in [9.17, 15) is 9.18 Å². The molecule has 2 aromatic carbocycles. The molecule has 1 N–H and O–H groups in total. The van der Waals surface area contributed by atoms with Gasteiger partial charge in [-0.1, -0.05) is 12.1 Å². The number of anilines is 1. The topological polar surface area (TPSA) is 47.6 Å². The van der Waals surface area contributed by atoms with Gasteiger partial charge in [-0.3, -0.25) is 4.79 Å². The predicted octanol–water partition coefficient (Wildman–Crippen LogP) is 3.82. The van der Waals surface area contributed by atoms with Gasteiger partial charge in [0.15, 0.2) is 11.5 Å². The molecule has 0 unspecified atom stereocenters. The van der Waals surface area contributed by atoms with Crippen molar-refractivity contribution in [3.63, 3.8) is 0 Å². The van der Waals surface area contributed by atoms with E-state index >= 15 is 0 Å². The molecule has 0 radical (unpaired) electrons. The van der Waals surface area contributed by atoms with Crippen molar-refractivity contribution in [2.24, 2.45) is 0 Å². The Morgan fingerprint density at radius 3 is 2.21 bits per heavy atom. The number of hydrogen-bond donors (Lipinski definition) is 1. The molecule has 1 saturated carbocycles. The number of ether oxygens (including phenoxy) is 2. The molecule has 1 fully saturated rings. The number of nitrogens with one attached hydrogen (secondary N) is 1. The van der Waals surface area contributed by atoms with Crippen molar-refractivity contribution < 1.29 is 18.7 Å². The van der Waals surface area contributed by atoms with Gasteiger partial charge >= 0.3 is 0 Å². The molecule has 1 aliphatic rings. The summed E-state index contributed by atoms with van der Waals surface area (Å²) in [5, 5.41) is 2.98. The zero-order valence-electron chi connectivity index (χ0n) is 14.0. The van der Waals surface area contributed by atoms with Crippen LogP contribution >= 0.6 is 0 Å². The number of methoxy groups -OCH3 is 2. The summed E-state index contributed by atoms with van der Waals surface area (Å²) in [6.45, 7) is 1.90. The second kappa shape index (κ2) is 6.15. The molecule has 1 aliphatic carbocycles. The maximum atomic E-state index is 13.1. The van der Waals surface area contributed by atoms with Crippen LogP contribution in [0.2, 0.25) is 0 Å². The van der Waals surface area contributed by atoms with Crippen LogP contribution in [0.3, 0.4) is 0 Å². The lowest BCUT2D eigenvalue weighted by atomic mass is 9.94. The van der Waals surface area contributed by atoms with Crippen molar-refractivity contribution in [1.82, 2.24) is 0 Å². The van der Waals surface area contributed by atoms with E-state index in [-0.39, 0.29) is 11.7 Å². The fourth-order valence-electron chi connectivity index (χ4n) is 2.90. The minimum Gasteiger partial charge on any atom is -0.493 e. The molecule has 126 valence electrons. The van der Waals surface area contributed by atoms with E-state index < -0.39 is 5.41 Å². The highest BCUT2D eigenvalue weighted by Crippen LogP contribution is 2.49. The van der Waals surface area contributed by atoms with Crippen LogP contribution in [0, 0.1) is 12.7 Å². The fraction of sp³-hybridized carbons (Fsp3) is 0.316. The standard InChI is InChI=1S/C19H20FNO3/c1-12-10-16(23-2)17(24-3)11-15(12)21-18(22)19(8-9-19)13-4-6-14(20)7-5-13/h4-7,10-11H,8-9H2,1-3H3,(H,21,22). The molecule has 0 bridgehead atoms. The third-order valence-corrected chi connectivity index (χ3v) is 4.56. The van der Waals surface area contributed by atoms with E-state index in [0.29, 0.717) is 17.2 Å². The Kier molecular flexibility index (Phi) is 4.18. The van der Waals surface area contributed by atoms with Crippen LogP contribution in [0.4, 0.5) is 10.1 Å². The molecule has 0 spiro atoms. The molecule has 0 atom stereocenters. The van der Waals surface area contributed by atoms with E-state index in [1.54, 1.807) is 32.4 Å². The number of hydrogen-bond acceptors (Lipinski definition) is 3. The average Bonchev–Trinajstić information content (AvgIpc) is 3.38. The summed E-state index contributed by atoms with van der Waals surface area (Å²) in [6.07, 6.45) is 1.52. The number of carbonyl (C=O) groups is 1. The first-order chi connectivity index (χ1) is 11.5. The monoisotopic (exact) mass is 329 g/mol. The Balaban J connectivity index is 1.86. The molecule has 0 saturated heterocycles. The summed E-state index contributed by atoms with van der Waals surface area (Å²) in [6, 6.07) is 9.74. The molecule has 4 nitrogen and oxygen atoms in total. The van der Waals surface area contributed by atoms with Crippen LogP contribution < -0.4 is 14.8 Å². The van der Waals surface area contributed by atoms with Crippen molar-refractivity contribution in [3.05, 3.63) is 53.3 Å². The fourth-order valence-corrected chi connectivity index (χ4v) is 2.90. The van der Waals surface area contributed by atoms with E-state index in [4.69, 9.17) is 9.47 Å². The molecule has 0 aromatic heterocycles. The second-order valence-corrected chi connectivity index (χ2v) is 6.07. The van der Waals surface area contributed by atoms with Gasteiger partial charge in [0, 0.05) is 11.8 Å². The molecule has 24 heavy (non-hydrogen) atoms. The maximum absolute atomic E-state index is 13.1. The molecule has 3 rings (SSSR count). The van der Waals surface area contributed by atoms with E-state index in [1.807, 2.05) is 13.0 Å². The molecular weight excluding hydrogens is 309 g/mol. The third-order valence-electron chi connectivity index (χ3n) is 4.56. The maximum Gasteiger partial charge on any atom is 0.235 e. The van der Waals surface area contributed by atoms with E-state index in [2.05, 4.69) is 5.32 Å². The molecule has 5 heteroatoms. The lowest BCUT2D eigenvalue weighted by Crippen LogP contribution is -2.28. The largest absolute Gasteiger partial charge is 0.493 e. The lowest BCUT2D eigenvalue weighted by molar-refractivity contribution is -0.118. The molecular formula is C19H20FNO3. The number of rotatable bonds is 5. The first kappa shape index (κ1) is 16.3. The van der Waals surface area contributed by atoms with Crippen LogP contribution in [-0.2, 0) is 10.2 Å². The Morgan fingerprint density at radius 2 is 1.67 bits per heavy atom. The minimum atomic E-state index is -0.562. The highest BCUT2D eigenvalue weighted by molar-refractivity contribution is 6.02. The van der Waals surface area contributed by atoms with Crippen molar-refractivity contribution in [2.75, 3.05) is 19.5 Å². The Hall–Kier alpha value is -2.56. The summed E-state index contributed by atoms with van der Waals surface area (Å²) in [5.74, 6) is 0.799. The number of carbonyl (C=O) groups excluding carboxylic acids is 1. The number of benzene rings is 2. The second-order valence-electron chi connectivity index (χ2n) is 6.07. The molecule has 1 amide bonds. The van der Waals surface area contributed by atoms with Gasteiger partial charge in [0.25, 0.3) is 0 Å². The van der Waals surface area contributed by atoms with Crippen LogP contribution in [0.5, 0.6) is 11.5 Å². The lowest BCUT2D eigenvalue weighted by Gasteiger charge is -2.18. The SMILES string of the molecule is COc1cc(C)c(NC(=O)C2(c3ccc(F)cc3)CC2)cc1OC. The van der Waals surface area contributed by atoms with Gasteiger partial charge in [0.2, 0.25) is 5.91 Å². The van der Waals surface area contributed by atoms with Gasteiger partial charge < -0.3 is 14.8 Å². The van der Waals surface area contributed by atoms with Crippen molar-refractivity contribution in [3.8, 4) is 11.5 Å². The normalized spacial score (nSPS) is 14.8. The highest BCUT2D eigenvalue weighted by Gasteiger charge is 2.51. The predicted molar refractivity (Wildman–Crippen MR) is 90.2 cm³/mol. The van der Waals surface area contributed by atoms with Crippen molar-refractivity contribution >= 4 is 11.6 Å². The average molecular weight is 329 g/mol. The van der Waals surface area contributed by atoms with Gasteiger partial charge in [-0.15, -0.1) is 0 Å². The summed E-state index contributed by atoms with van der Waals surface area (Å²) < 4.78 is 23.7. The minimum absolute atomic E-state index is 0.0792. The zero-order chi connectivity index (χ0) is 17.3.